The summed E-state index contributed by atoms with van der Waals surface area (Å²) in [7, 11) is 0. The van der Waals surface area contributed by atoms with E-state index in [2.05, 4.69) is 31.4 Å². The lowest BCUT2D eigenvalue weighted by molar-refractivity contribution is 0.0549. The van der Waals surface area contributed by atoms with E-state index in [0.717, 1.165) is 32.1 Å². The van der Waals surface area contributed by atoms with Gasteiger partial charge in [0.25, 0.3) is 11.8 Å². The van der Waals surface area contributed by atoms with E-state index in [0.29, 0.717) is 22.5 Å². The fraction of sp³-hybridized carbons (Fsp3) is 0.400. The van der Waals surface area contributed by atoms with Crippen LogP contribution in [0, 0.1) is 0 Å². The number of carbonyl (C=O) groups is 3. The molecule has 162 valence electrons. The molecular formula is C25H29N3O3. The highest BCUT2D eigenvalue weighted by molar-refractivity contribution is 6.22. The van der Waals surface area contributed by atoms with Gasteiger partial charge in [-0.2, -0.15) is 0 Å². The van der Waals surface area contributed by atoms with Gasteiger partial charge in [-0.1, -0.05) is 52.2 Å². The molecule has 1 fully saturated rings. The quantitative estimate of drug-likeness (QED) is 0.640. The van der Waals surface area contributed by atoms with Crippen LogP contribution < -0.4 is 10.6 Å². The van der Waals surface area contributed by atoms with Crippen molar-refractivity contribution in [3.63, 3.8) is 0 Å². The summed E-state index contributed by atoms with van der Waals surface area (Å²) < 4.78 is 0. The van der Waals surface area contributed by atoms with Crippen LogP contribution in [0.3, 0.4) is 0 Å². The van der Waals surface area contributed by atoms with Gasteiger partial charge in [0, 0.05) is 17.4 Å². The first kappa shape index (κ1) is 21.1. The zero-order valence-corrected chi connectivity index (χ0v) is 18.3. The number of urea groups is 1. The first-order chi connectivity index (χ1) is 14.7. The Morgan fingerprint density at radius 2 is 1.42 bits per heavy atom. The lowest BCUT2D eigenvalue weighted by Crippen LogP contribution is -2.40. The predicted octanol–water partition coefficient (Wildman–Crippen LogP) is 5.56. The number of anilines is 2. The van der Waals surface area contributed by atoms with Crippen molar-refractivity contribution in [2.45, 2.75) is 64.3 Å². The van der Waals surface area contributed by atoms with Crippen molar-refractivity contribution in [3.05, 3.63) is 59.2 Å². The summed E-state index contributed by atoms with van der Waals surface area (Å²) in [5.41, 5.74) is 3.17. The molecule has 2 N–H and O–H groups in total. The third kappa shape index (κ3) is 4.33. The predicted molar refractivity (Wildman–Crippen MR) is 122 cm³/mol. The summed E-state index contributed by atoms with van der Waals surface area (Å²) in [5, 5.41) is 5.57. The molecule has 1 aliphatic carbocycles. The number of benzene rings is 2. The highest BCUT2D eigenvalue weighted by Crippen LogP contribution is 2.32. The Labute approximate surface area is 183 Å². The maximum absolute atomic E-state index is 12.9. The average Bonchev–Trinajstić information content (AvgIpc) is 2.98. The minimum absolute atomic E-state index is 0.0167. The summed E-state index contributed by atoms with van der Waals surface area (Å²) in [6.07, 6.45) is 4.98. The lowest BCUT2D eigenvalue weighted by Gasteiger charge is -2.29. The van der Waals surface area contributed by atoms with Crippen LogP contribution in [0.4, 0.5) is 16.2 Å². The van der Waals surface area contributed by atoms with Crippen molar-refractivity contribution < 1.29 is 14.4 Å². The van der Waals surface area contributed by atoms with Crippen LogP contribution in [0.25, 0.3) is 0 Å². The van der Waals surface area contributed by atoms with E-state index in [4.69, 9.17) is 0 Å². The van der Waals surface area contributed by atoms with Gasteiger partial charge in [-0.15, -0.1) is 0 Å². The summed E-state index contributed by atoms with van der Waals surface area (Å²) >= 11 is 0. The van der Waals surface area contributed by atoms with Gasteiger partial charge in [-0.25, -0.2) is 4.79 Å². The summed E-state index contributed by atoms with van der Waals surface area (Å²) in [4.78, 5) is 39.6. The minimum Gasteiger partial charge on any atom is -0.308 e. The van der Waals surface area contributed by atoms with Crippen molar-refractivity contribution in [1.82, 2.24) is 4.90 Å². The summed E-state index contributed by atoms with van der Waals surface area (Å²) in [6.45, 7) is 6.41. The van der Waals surface area contributed by atoms with E-state index >= 15 is 0 Å². The Hall–Kier alpha value is -3.15. The molecule has 0 atom stereocenters. The number of nitrogens with one attached hydrogen (secondary N) is 2. The first-order valence-corrected chi connectivity index (χ1v) is 10.9. The summed E-state index contributed by atoms with van der Waals surface area (Å²) in [5.74, 6) is -0.476. The van der Waals surface area contributed by atoms with Crippen LogP contribution in [0.5, 0.6) is 0 Å². The second kappa shape index (κ2) is 8.17. The van der Waals surface area contributed by atoms with Crippen LogP contribution in [0.2, 0.25) is 0 Å². The van der Waals surface area contributed by atoms with Crippen molar-refractivity contribution in [1.29, 1.82) is 0 Å². The Balaban J connectivity index is 1.44. The number of amides is 4. The molecule has 0 unspecified atom stereocenters. The maximum Gasteiger partial charge on any atom is 0.323 e. The van der Waals surface area contributed by atoms with E-state index in [1.165, 1.54) is 10.5 Å². The number of hydrogen-bond donors (Lipinski definition) is 2. The molecule has 4 amide bonds. The van der Waals surface area contributed by atoms with E-state index in [-0.39, 0.29) is 23.3 Å². The average molecular weight is 420 g/mol. The Morgan fingerprint density at radius 1 is 0.839 bits per heavy atom. The fourth-order valence-electron chi connectivity index (χ4n) is 4.36. The molecular weight excluding hydrogens is 390 g/mol. The number of fused-ring (bicyclic) bond motifs is 1. The molecule has 0 bridgehead atoms. The highest BCUT2D eigenvalue weighted by atomic mass is 16.2. The van der Waals surface area contributed by atoms with Crippen LogP contribution in [0.15, 0.2) is 42.5 Å². The molecule has 2 aromatic rings. The molecule has 1 heterocycles. The molecule has 0 saturated heterocycles. The molecule has 1 aliphatic heterocycles. The van der Waals surface area contributed by atoms with Gasteiger partial charge in [0.1, 0.15) is 0 Å². The van der Waals surface area contributed by atoms with Crippen LogP contribution in [0.1, 0.15) is 79.2 Å². The molecule has 0 aromatic heterocycles. The lowest BCUT2D eigenvalue weighted by atomic mass is 9.87. The number of imide groups is 1. The van der Waals surface area contributed by atoms with Gasteiger partial charge in [-0.05, 0) is 54.2 Å². The van der Waals surface area contributed by atoms with Crippen LogP contribution in [-0.2, 0) is 5.41 Å². The van der Waals surface area contributed by atoms with Crippen molar-refractivity contribution in [2.75, 3.05) is 10.6 Å². The van der Waals surface area contributed by atoms with E-state index < -0.39 is 6.03 Å². The third-order valence-corrected chi connectivity index (χ3v) is 6.12. The number of nitrogens with zero attached hydrogens (tertiary/aromatic N) is 1. The molecule has 2 aromatic carbocycles. The normalized spacial score (nSPS) is 16.9. The monoisotopic (exact) mass is 419 g/mol. The van der Waals surface area contributed by atoms with Gasteiger partial charge >= 0.3 is 6.03 Å². The second-order valence-corrected chi connectivity index (χ2v) is 9.44. The number of hydrogen-bond acceptors (Lipinski definition) is 3. The minimum atomic E-state index is -0.399. The molecule has 2 aliphatic rings. The second-order valence-electron chi connectivity index (χ2n) is 9.44. The SMILES string of the molecule is CC(C)(C)c1ccc(NC(=O)Nc2ccc3c(c2)C(=O)N(C2CCCCC2)C3=O)cc1. The van der Waals surface area contributed by atoms with Gasteiger partial charge in [0.05, 0.1) is 11.1 Å². The zero-order valence-electron chi connectivity index (χ0n) is 18.3. The van der Waals surface area contributed by atoms with E-state index in [1.54, 1.807) is 18.2 Å². The highest BCUT2D eigenvalue weighted by Gasteiger charge is 2.40. The Kier molecular flexibility index (Phi) is 5.56. The fourth-order valence-corrected chi connectivity index (χ4v) is 4.36. The van der Waals surface area contributed by atoms with Crippen molar-refractivity contribution >= 4 is 29.2 Å². The zero-order chi connectivity index (χ0) is 22.2. The first-order valence-electron chi connectivity index (χ1n) is 10.9. The van der Waals surface area contributed by atoms with E-state index in [9.17, 15) is 14.4 Å². The maximum atomic E-state index is 12.9. The molecule has 0 spiro atoms. The molecule has 1 saturated carbocycles. The molecule has 0 radical (unpaired) electrons. The topological polar surface area (TPSA) is 78.5 Å². The number of carbonyl (C=O) groups excluding carboxylic acids is 3. The van der Waals surface area contributed by atoms with Gasteiger partial charge < -0.3 is 10.6 Å². The molecule has 4 rings (SSSR count). The Bertz CT molecular complexity index is 1020. The number of rotatable bonds is 3. The third-order valence-electron chi connectivity index (χ3n) is 6.12. The smallest absolute Gasteiger partial charge is 0.308 e. The summed E-state index contributed by atoms with van der Waals surface area (Å²) in [6, 6.07) is 12.2. The van der Waals surface area contributed by atoms with E-state index in [1.807, 2.05) is 24.3 Å². The largest absolute Gasteiger partial charge is 0.323 e. The molecule has 31 heavy (non-hydrogen) atoms. The van der Waals surface area contributed by atoms with Gasteiger partial charge in [0.2, 0.25) is 0 Å². The van der Waals surface area contributed by atoms with Gasteiger partial charge in [0.15, 0.2) is 0 Å². The van der Waals surface area contributed by atoms with Crippen molar-refractivity contribution in [3.8, 4) is 0 Å². The molecule has 6 heteroatoms. The van der Waals surface area contributed by atoms with Crippen LogP contribution >= 0.6 is 0 Å². The standard InChI is InChI=1S/C25H29N3O3/c1-25(2,3)16-9-11-17(12-10-16)26-24(31)27-18-13-14-20-21(15-18)23(30)28(22(20)29)19-7-5-4-6-8-19/h9-15,19H,4-8H2,1-3H3,(H2,26,27,31). The van der Waals surface area contributed by atoms with Gasteiger partial charge in [-0.3, -0.25) is 14.5 Å². The molecule has 6 nitrogen and oxygen atoms in total. The van der Waals surface area contributed by atoms with Crippen molar-refractivity contribution in [2.24, 2.45) is 0 Å². The Morgan fingerprint density at radius 3 is 2.06 bits per heavy atom. The van der Waals surface area contributed by atoms with Crippen LogP contribution in [-0.4, -0.2) is 28.8 Å².